The van der Waals surface area contributed by atoms with E-state index >= 15 is 0 Å². The quantitative estimate of drug-likeness (QED) is 0.847. The topological polar surface area (TPSA) is 82.7 Å². The maximum Gasteiger partial charge on any atom is 0.151 e. The van der Waals surface area contributed by atoms with Gasteiger partial charge < -0.3 is 0 Å². The number of nitrogens with zero attached hydrogens (tertiary/aromatic N) is 5. The first-order chi connectivity index (χ1) is 10.2. The van der Waals surface area contributed by atoms with Gasteiger partial charge in [0.25, 0.3) is 0 Å². The monoisotopic (exact) mass is 323 g/mol. The van der Waals surface area contributed by atoms with Crippen LogP contribution in [0.15, 0.2) is 18.6 Å². The van der Waals surface area contributed by atoms with Crippen molar-refractivity contribution in [3.63, 3.8) is 0 Å². The highest BCUT2D eigenvalue weighted by molar-refractivity contribution is 7.91. The molecular formula is C14H21N5O2S. The van der Waals surface area contributed by atoms with E-state index in [1.165, 1.54) is 0 Å². The number of aromatic nitrogens is 5. The lowest BCUT2D eigenvalue weighted by atomic mass is 10.1. The normalized spacial score (nSPS) is 21.3. The smallest absolute Gasteiger partial charge is 0.151 e. The molecule has 7 nitrogen and oxygen atoms in total. The van der Waals surface area contributed by atoms with Gasteiger partial charge in [-0.3, -0.25) is 4.68 Å². The first-order valence-corrected chi connectivity index (χ1v) is 9.19. The van der Waals surface area contributed by atoms with Crippen LogP contribution < -0.4 is 0 Å². The Bertz CT molecular complexity index is 769. The summed E-state index contributed by atoms with van der Waals surface area (Å²) in [6, 6.07) is 0. The Hall–Kier alpha value is -1.70. The van der Waals surface area contributed by atoms with Crippen LogP contribution in [0.1, 0.15) is 44.4 Å². The lowest BCUT2D eigenvalue weighted by Crippen LogP contribution is -2.21. The van der Waals surface area contributed by atoms with Crippen molar-refractivity contribution in [1.82, 2.24) is 24.8 Å². The molecule has 1 saturated heterocycles. The van der Waals surface area contributed by atoms with E-state index in [2.05, 4.69) is 36.2 Å². The highest BCUT2D eigenvalue weighted by Gasteiger charge is 2.30. The maximum atomic E-state index is 11.5. The van der Waals surface area contributed by atoms with Crippen LogP contribution in [0, 0.1) is 0 Å². The minimum absolute atomic E-state index is 0.0175. The molecule has 120 valence electrons. The van der Waals surface area contributed by atoms with E-state index in [1.54, 1.807) is 4.68 Å². The van der Waals surface area contributed by atoms with Gasteiger partial charge in [-0.2, -0.15) is 5.10 Å². The zero-order chi connectivity index (χ0) is 16.0. The minimum Gasteiger partial charge on any atom is -0.267 e. The van der Waals surface area contributed by atoms with Crippen LogP contribution in [0.2, 0.25) is 0 Å². The molecule has 0 aliphatic carbocycles. The SMILES string of the molecule is CC(C)(C)n1cc(Cn2cc(C3CCS(=O)(=O)C3)nn2)cn1. The van der Waals surface area contributed by atoms with E-state index in [1.807, 2.05) is 23.3 Å². The fraction of sp³-hybridized carbons (Fsp3) is 0.643. The van der Waals surface area contributed by atoms with Crippen molar-refractivity contribution in [2.45, 2.75) is 45.2 Å². The molecule has 3 rings (SSSR count). The Morgan fingerprint density at radius 3 is 2.68 bits per heavy atom. The van der Waals surface area contributed by atoms with Gasteiger partial charge in [0, 0.05) is 23.9 Å². The second kappa shape index (κ2) is 5.19. The van der Waals surface area contributed by atoms with Gasteiger partial charge >= 0.3 is 0 Å². The third-order valence-corrected chi connectivity index (χ3v) is 5.64. The number of hydrogen-bond acceptors (Lipinski definition) is 5. The summed E-state index contributed by atoms with van der Waals surface area (Å²) >= 11 is 0. The Kier molecular flexibility index (Phi) is 3.58. The number of rotatable bonds is 3. The Labute approximate surface area is 130 Å². The van der Waals surface area contributed by atoms with Crippen molar-refractivity contribution in [1.29, 1.82) is 0 Å². The molecule has 1 atom stereocenters. The van der Waals surface area contributed by atoms with Crippen molar-refractivity contribution in [2.24, 2.45) is 0 Å². The van der Waals surface area contributed by atoms with E-state index in [9.17, 15) is 8.42 Å². The van der Waals surface area contributed by atoms with Crippen LogP contribution in [0.5, 0.6) is 0 Å². The van der Waals surface area contributed by atoms with Crippen molar-refractivity contribution >= 4 is 9.84 Å². The standard InChI is InChI=1S/C14H21N5O2S/c1-14(2,3)19-8-11(6-15-19)7-18-9-13(16-17-18)12-4-5-22(20,21)10-12/h6,8-9,12H,4-5,7,10H2,1-3H3. The molecule has 1 aliphatic heterocycles. The van der Waals surface area contributed by atoms with Crippen LogP contribution in [0.4, 0.5) is 0 Å². The average molecular weight is 323 g/mol. The molecule has 0 amide bonds. The molecule has 1 aliphatic rings. The zero-order valence-electron chi connectivity index (χ0n) is 13.1. The summed E-state index contributed by atoms with van der Waals surface area (Å²) in [5.41, 5.74) is 1.76. The van der Waals surface area contributed by atoms with Gasteiger partial charge in [0.1, 0.15) is 0 Å². The maximum absolute atomic E-state index is 11.5. The molecule has 0 N–H and O–H groups in total. The van der Waals surface area contributed by atoms with Crippen LogP contribution in [0.3, 0.4) is 0 Å². The van der Waals surface area contributed by atoms with E-state index < -0.39 is 9.84 Å². The van der Waals surface area contributed by atoms with Gasteiger partial charge in [-0.1, -0.05) is 5.21 Å². The molecule has 2 aromatic heterocycles. The molecular weight excluding hydrogens is 302 g/mol. The fourth-order valence-corrected chi connectivity index (χ4v) is 4.36. The highest BCUT2D eigenvalue weighted by atomic mass is 32.2. The summed E-state index contributed by atoms with van der Waals surface area (Å²) in [7, 11) is -2.90. The van der Waals surface area contributed by atoms with Crippen LogP contribution in [-0.4, -0.2) is 44.7 Å². The summed E-state index contributed by atoms with van der Waals surface area (Å²) in [6.45, 7) is 6.87. The Morgan fingerprint density at radius 2 is 2.09 bits per heavy atom. The predicted molar refractivity (Wildman–Crippen MR) is 82.4 cm³/mol. The molecule has 0 saturated carbocycles. The molecule has 3 heterocycles. The summed E-state index contributed by atoms with van der Waals surface area (Å²) < 4.78 is 26.7. The molecule has 22 heavy (non-hydrogen) atoms. The number of sulfone groups is 1. The molecule has 0 bridgehead atoms. The third kappa shape index (κ3) is 3.21. The van der Waals surface area contributed by atoms with Gasteiger partial charge in [-0.05, 0) is 27.2 Å². The summed E-state index contributed by atoms with van der Waals surface area (Å²) in [4.78, 5) is 0. The van der Waals surface area contributed by atoms with E-state index in [0.717, 1.165) is 11.3 Å². The summed E-state index contributed by atoms with van der Waals surface area (Å²) in [5, 5.41) is 12.6. The average Bonchev–Trinajstić information content (AvgIpc) is 3.08. The molecule has 1 unspecified atom stereocenters. The lowest BCUT2D eigenvalue weighted by Gasteiger charge is -2.18. The van der Waals surface area contributed by atoms with Gasteiger partial charge in [-0.25, -0.2) is 13.1 Å². The first-order valence-electron chi connectivity index (χ1n) is 7.37. The van der Waals surface area contributed by atoms with Gasteiger partial charge in [-0.15, -0.1) is 5.10 Å². The summed E-state index contributed by atoms with van der Waals surface area (Å²) in [5.74, 6) is 0.423. The van der Waals surface area contributed by atoms with Crippen LogP contribution >= 0.6 is 0 Å². The fourth-order valence-electron chi connectivity index (χ4n) is 2.60. The Balaban J connectivity index is 1.71. The van der Waals surface area contributed by atoms with Crippen LogP contribution in [-0.2, 0) is 21.9 Å². The van der Waals surface area contributed by atoms with Gasteiger partial charge in [0.2, 0.25) is 0 Å². The minimum atomic E-state index is -2.90. The van der Waals surface area contributed by atoms with Crippen molar-refractivity contribution < 1.29 is 8.42 Å². The Morgan fingerprint density at radius 1 is 1.32 bits per heavy atom. The third-order valence-electron chi connectivity index (χ3n) is 3.88. The van der Waals surface area contributed by atoms with Crippen molar-refractivity contribution in [3.05, 3.63) is 29.8 Å². The van der Waals surface area contributed by atoms with E-state index in [-0.39, 0.29) is 23.0 Å². The first kappa shape index (κ1) is 15.2. The molecule has 2 aromatic rings. The lowest BCUT2D eigenvalue weighted by molar-refractivity contribution is 0.355. The van der Waals surface area contributed by atoms with Crippen molar-refractivity contribution in [2.75, 3.05) is 11.5 Å². The van der Waals surface area contributed by atoms with Gasteiger partial charge in [0.15, 0.2) is 9.84 Å². The second-order valence-electron chi connectivity index (χ2n) is 6.90. The van der Waals surface area contributed by atoms with E-state index in [4.69, 9.17) is 0 Å². The summed E-state index contributed by atoms with van der Waals surface area (Å²) in [6.07, 6.45) is 6.32. The van der Waals surface area contributed by atoms with Crippen LogP contribution in [0.25, 0.3) is 0 Å². The van der Waals surface area contributed by atoms with E-state index in [0.29, 0.717) is 13.0 Å². The molecule has 0 spiro atoms. The second-order valence-corrected chi connectivity index (χ2v) is 9.13. The zero-order valence-corrected chi connectivity index (χ0v) is 13.9. The molecule has 0 radical (unpaired) electrons. The van der Waals surface area contributed by atoms with Crippen molar-refractivity contribution in [3.8, 4) is 0 Å². The highest BCUT2D eigenvalue weighted by Crippen LogP contribution is 2.27. The predicted octanol–water partition coefficient (Wildman–Crippen LogP) is 1.18. The molecule has 1 fully saturated rings. The van der Waals surface area contributed by atoms with Gasteiger partial charge in [0.05, 0.1) is 35.5 Å². The largest absolute Gasteiger partial charge is 0.267 e. The number of hydrogen-bond donors (Lipinski definition) is 0. The molecule has 8 heteroatoms. The molecule has 0 aromatic carbocycles.